The van der Waals surface area contributed by atoms with E-state index in [0.29, 0.717) is 0 Å². The summed E-state index contributed by atoms with van der Waals surface area (Å²) in [5, 5.41) is 0. The first kappa shape index (κ1) is 11.7. The Bertz CT molecular complexity index is 477. The Morgan fingerprint density at radius 3 is 1.76 bits per heavy atom. The molecule has 1 atom stereocenters. The van der Waals surface area contributed by atoms with Crippen LogP contribution in [0.4, 0.5) is 22.0 Å². The van der Waals surface area contributed by atoms with E-state index in [-0.39, 0.29) is 0 Å². The number of carbonyl (C=O) groups excluding carboxylic acids is 1. The Morgan fingerprint density at radius 1 is 0.882 bits per heavy atom. The molecule has 1 amide bonds. The van der Waals surface area contributed by atoms with Crippen LogP contribution in [0.25, 0.3) is 0 Å². The highest BCUT2D eigenvalue weighted by Gasteiger charge is 2.38. The van der Waals surface area contributed by atoms with Crippen LogP contribution in [0.2, 0.25) is 0 Å². The Morgan fingerprint density at radius 2 is 1.35 bits per heavy atom. The third-order valence-corrected chi connectivity index (χ3v) is 2.03. The minimum Gasteiger partial charge on any atom is -0.269 e. The van der Waals surface area contributed by atoms with E-state index in [0.717, 1.165) is 0 Å². The summed E-state index contributed by atoms with van der Waals surface area (Å²) >= 11 is 0. The number of hydrogen-bond acceptors (Lipinski definition) is 3. The Balaban J connectivity index is 2.65. The normalized spacial score (nSPS) is 19.6. The summed E-state index contributed by atoms with van der Waals surface area (Å²) in [6.07, 6.45) is -2.06. The molecule has 1 fully saturated rings. The number of benzene rings is 1. The fourth-order valence-corrected chi connectivity index (χ4v) is 1.24. The summed E-state index contributed by atoms with van der Waals surface area (Å²) in [6, 6.07) is 0. The first-order valence-corrected chi connectivity index (χ1v) is 4.08. The summed E-state index contributed by atoms with van der Waals surface area (Å²) in [7, 11) is 0. The molecule has 1 aromatic carbocycles. The number of amides is 1. The van der Waals surface area contributed by atoms with Crippen molar-refractivity contribution in [3.8, 4) is 0 Å². The molecule has 17 heavy (non-hydrogen) atoms. The molecule has 4 nitrogen and oxygen atoms in total. The summed E-state index contributed by atoms with van der Waals surface area (Å²) in [5.41, 5.74) is 0.137. The Kier molecular flexibility index (Phi) is 2.71. The van der Waals surface area contributed by atoms with E-state index in [1.807, 2.05) is 0 Å². The highest BCUT2D eigenvalue weighted by atomic mass is 19.2. The monoisotopic (exact) mass is 255 g/mol. The lowest BCUT2D eigenvalue weighted by atomic mass is 10.1. The van der Waals surface area contributed by atoms with Crippen LogP contribution in [-0.4, -0.2) is 5.91 Å². The molecule has 0 aromatic heterocycles. The quantitative estimate of drug-likeness (QED) is 0.357. The molecule has 1 aliphatic heterocycles. The maximum absolute atomic E-state index is 13.2. The molecule has 2 rings (SSSR count). The molecule has 9 heteroatoms. The summed E-state index contributed by atoms with van der Waals surface area (Å²) in [4.78, 5) is 18.9. The van der Waals surface area contributed by atoms with E-state index >= 15 is 0 Å². The molecule has 1 saturated heterocycles. The molecule has 1 aromatic rings. The molecule has 0 spiro atoms. The van der Waals surface area contributed by atoms with Crippen LogP contribution in [0.1, 0.15) is 11.7 Å². The highest BCUT2D eigenvalue weighted by molar-refractivity contribution is 5.82. The average Bonchev–Trinajstić information content (AvgIpc) is 2.71. The van der Waals surface area contributed by atoms with E-state index in [1.54, 1.807) is 5.48 Å². The minimum absolute atomic E-state index is 1.19. The number of rotatable bonds is 1. The second kappa shape index (κ2) is 3.93. The number of carbonyl (C=O) groups is 1. The van der Waals surface area contributed by atoms with Crippen molar-refractivity contribution in [2.24, 2.45) is 0 Å². The zero-order chi connectivity index (χ0) is 12.7. The van der Waals surface area contributed by atoms with Gasteiger partial charge in [-0.25, -0.2) is 22.0 Å². The van der Waals surface area contributed by atoms with E-state index in [2.05, 4.69) is 9.88 Å². The third-order valence-electron chi connectivity index (χ3n) is 2.03. The molecule has 92 valence electrons. The molecule has 1 heterocycles. The maximum atomic E-state index is 13.2. The number of hydrogen-bond donors (Lipinski definition) is 1. The van der Waals surface area contributed by atoms with Gasteiger partial charge in [-0.3, -0.25) is 4.79 Å². The van der Waals surface area contributed by atoms with Gasteiger partial charge in [0.2, 0.25) is 11.9 Å². The first-order chi connectivity index (χ1) is 7.95. The molecule has 0 bridgehead atoms. The summed E-state index contributed by atoms with van der Waals surface area (Å²) in [6.45, 7) is 0. The van der Waals surface area contributed by atoms with Crippen LogP contribution < -0.4 is 5.48 Å². The van der Waals surface area contributed by atoms with E-state index in [4.69, 9.17) is 0 Å². The first-order valence-electron chi connectivity index (χ1n) is 4.08. The van der Waals surface area contributed by atoms with Gasteiger partial charge >= 0.3 is 0 Å². The lowest BCUT2D eigenvalue weighted by Crippen LogP contribution is -2.20. The molecular weight excluding hydrogens is 253 g/mol. The largest absolute Gasteiger partial charge is 0.283 e. The lowest BCUT2D eigenvalue weighted by Gasteiger charge is -2.09. The zero-order valence-electron chi connectivity index (χ0n) is 7.69. The van der Waals surface area contributed by atoms with Gasteiger partial charge in [-0.05, 0) is 0 Å². The van der Waals surface area contributed by atoms with E-state index in [9.17, 15) is 26.7 Å². The average molecular weight is 255 g/mol. The zero-order valence-corrected chi connectivity index (χ0v) is 7.69. The maximum Gasteiger partial charge on any atom is 0.283 e. The molecule has 0 saturated carbocycles. The Labute approximate surface area is 89.8 Å². The third kappa shape index (κ3) is 1.63. The lowest BCUT2D eigenvalue weighted by molar-refractivity contribution is -0.309. The molecule has 1 aliphatic rings. The summed E-state index contributed by atoms with van der Waals surface area (Å²) in [5.74, 6) is -12.1. The molecule has 0 radical (unpaired) electrons. The van der Waals surface area contributed by atoms with Crippen molar-refractivity contribution in [1.82, 2.24) is 5.48 Å². The second-order valence-corrected chi connectivity index (χ2v) is 3.01. The van der Waals surface area contributed by atoms with Gasteiger partial charge in [-0.1, -0.05) is 0 Å². The smallest absolute Gasteiger partial charge is 0.269 e. The molecule has 1 N–H and O–H groups in total. The SMILES string of the molecule is O=C1NOOC1c1c(F)c(F)c(F)c(F)c1F. The van der Waals surface area contributed by atoms with Crippen molar-refractivity contribution in [2.75, 3.05) is 0 Å². The van der Waals surface area contributed by atoms with Gasteiger partial charge in [0.05, 0.1) is 5.56 Å². The predicted molar refractivity (Wildman–Crippen MR) is 39.3 cm³/mol. The fourth-order valence-electron chi connectivity index (χ4n) is 1.24. The number of hydroxylamine groups is 1. The topological polar surface area (TPSA) is 47.6 Å². The van der Waals surface area contributed by atoms with Gasteiger partial charge in [-0.15, -0.1) is 4.99 Å². The van der Waals surface area contributed by atoms with Crippen molar-refractivity contribution in [3.63, 3.8) is 0 Å². The van der Waals surface area contributed by atoms with Crippen LogP contribution in [-0.2, 0) is 14.7 Å². The van der Waals surface area contributed by atoms with Gasteiger partial charge in [0, 0.05) is 0 Å². The second-order valence-electron chi connectivity index (χ2n) is 3.01. The van der Waals surface area contributed by atoms with E-state index in [1.165, 1.54) is 0 Å². The van der Waals surface area contributed by atoms with Gasteiger partial charge in [-0.2, -0.15) is 10.4 Å². The van der Waals surface area contributed by atoms with Crippen LogP contribution in [0.5, 0.6) is 0 Å². The molecule has 0 aliphatic carbocycles. The fraction of sp³-hybridized carbons (Fsp3) is 0.125. The molecular formula is C8H2F5NO3. The number of nitrogens with one attached hydrogen (secondary N) is 1. The predicted octanol–water partition coefficient (Wildman–Crippen LogP) is 1.42. The van der Waals surface area contributed by atoms with Gasteiger partial charge < -0.3 is 0 Å². The van der Waals surface area contributed by atoms with E-state index < -0.39 is 46.7 Å². The minimum atomic E-state index is -2.32. The van der Waals surface area contributed by atoms with Crippen LogP contribution in [0.3, 0.4) is 0 Å². The van der Waals surface area contributed by atoms with Crippen molar-refractivity contribution in [3.05, 3.63) is 34.6 Å². The standard InChI is InChI=1S/C8H2F5NO3/c9-2-1(7-8(15)14-17-16-7)3(10)5(12)6(13)4(2)11/h7H,(H,14,15). The van der Waals surface area contributed by atoms with Gasteiger partial charge in [0.1, 0.15) is 0 Å². The highest BCUT2D eigenvalue weighted by Crippen LogP contribution is 2.31. The van der Waals surface area contributed by atoms with Crippen LogP contribution in [0, 0.1) is 29.1 Å². The van der Waals surface area contributed by atoms with Gasteiger partial charge in [0.25, 0.3) is 5.91 Å². The van der Waals surface area contributed by atoms with Crippen molar-refractivity contribution in [2.45, 2.75) is 6.10 Å². The van der Waals surface area contributed by atoms with Crippen molar-refractivity contribution < 1.29 is 36.6 Å². The van der Waals surface area contributed by atoms with Crippen LogP contribution in [0.15, 0.2) is 0 Å². The van der Waals surface area contributed by atoms with Gasteiger partial charge in [0.15, 0.2) is 23.3 Å². The molecule has 1 unspecified atom stereocenters. The van der Waals surface area contributed by atoms with Crippen LogP contribution >= 0.6 is 0 Å². The Hall–Kier alpha value is -1.74. The number of halogens is 5. The summed E-state index contributed by atoms with van der Waals surface area (Å²) < 4.78 is 64.7. The van der Waals surface area contributed by atoms with Crippen molar-refractivity contribution in [1.29, 1.82) is 0 Å². The van der Waals surface area contributed by atoms with Crippen molar-refractivity contribution >= 4 is 5.91 Å².